The molecule has 6 nitrogen and oxygen atoms in total. The minimum Gasteiger partial charge on any atom is -0.493 e. The zero-order valence-electron chi connectivity index (χ0n) is 16.0. The standard InChI is InChI=1S/C21H27N3O3/c1-4-22-21(26)16-8-10-17(11-9-16)24-20(25)13-23-18-6-5-7-19(12-18)27-14-15(2)3/h5-12,15,23H,4,13-14H2,1-3H3,(H,22,26)(H,24,25). The van der Waals surface area contributed by atoms with Gasteiger partial charge in [0.25, 0.3) is 5.91 Å². The zero-order chi connectivity index (χ0) is 19.6. The average Bonchev–Trinajstić information content (AvgIpc) is 2.66. The van der Waals surface area contributed by atoms with E-state index in [1.807, 2.05) is 31.2 Å². The number of anilines is 2. The Balaban J connectivity index is 1.84. The SMILES string of the molecule is CCNC(=O)c1ccc(NC(=O)CNc2cccc(OCC(C)C)c2)cc1. The van der Waals surface area contributed by atoms with Gasteiger partial charge in [-0.2, -0.15) is 0 Å². The van der Waals surface area contributed by atoms with E-state index in [1.165, 1.54) is 0 Å². The van der Waals surface area contributed by atoms with Gasteiger partial charge in [0.2, 0.25) is 5.91 Å². The molecule has 0 unspecified atom stereocenters. The molecule has 0 aromatic heterocycles. The molecule has 0 aliphatic rings. The third kappa shape index (κ3) is 7.01. The highest BCUT2D eigenvalue weighted by Gasteiger charge is 2.06. The lowest BCUT2D eigenvalue weighted by molar-refractivity contribution is -0.114. The maximum atomic E-state index is 12.1. The van der Waals surface area contributed by atoms with Crippen LogP contribution in [0.1, 0.15) is 31.1 Å². The van der Waals surface area contributed by atoms with Crippen LogP contribution >= 0.6 is 0 Å². The van der Waals surface area contributed by atoms with Gasteiger partial charge in [-0.25, -0.2) is 0 Å². The van der Waals surface area contributed by atoms with E-state index in [2.05, 4.69) is 29.8 Å². The van der Waals surface area contributed by atoms with Crippen LogP contribution in [0.4, 0.5) is 11.4 Å². The van der Waals surface area contributed by atoms with Crippen molar-refractivity contribution in [1.29, 1.82) is 0 Å². The van der Waals surface area contributed by atoms with Crippen molar-refractivity contribution < 1.29 is 14.3 Å². The summed E-state index contributed by atoms with van der Waals surface area (Å²) in [4.78, 5) is 23.9. The molecule has 2 aromatic rings. The summed E-state index contributed by atoms with van der Waals surface area (Å²) in [5.41, 5.74) is 2.02. The van der Waals surface area contributed by atoms with Crippen molar-refractivity contribution in [2.45, 2.75) is 20.8 Å². The molecule has 2 aromatic carbocycles. The van der Waals surface area contributed by atoms with Crippen molar-refractivity contribution in [3.8, 4) is 5.75 Å². The third-order valence-corrected chi connectivity index (χ3v) is 3.64. The van der Waals surface area contributed by atoms with Crippen molar-refractivity contribution >= 4 is 23.2 Å². The number of ether oxygens (including phenoxy) is 1. The Hall–Kier alpha value is -3.02. The van der Waals surface area contributed by atoms with Crippen LogP contribution in [0.15, 0.2) is 48.5 Å². The molecule has 144 valence electrons. The molecule has 0 radical (unpaired) electrons. The summed E-state index contributed by atoms with van der Waals surface area (Å²) >= 11 is 0. The van der Waals surface area contributed by atoms with Crippen LogP contribution in [0.3, 0.4) is 0 Å². The topological polar surface area (TPSA) is 79.5 Å². The van der Waals surface area contributed by atoms with E-state index < -0.39 is 0 Å². The Labute approximate surface area is 160 Å². The molecule has 0 fully saturated rings. The summed E-state index contributed by atoms with van der Waals surface area (Å²) < 4.78 is 5.69. The van der Waals surface area contributed by atoms with Gasteiger partial charge in [-0.05, 0) is 49.2 Å². The van der Waals surface area contributed by atoms with Gasteiger partial charge in [0, 0.05) is 29.5 Å². The smallest absolute Gasteiger partial charge is 0.251 e. The van der Waals surface area contributed by atoms with Crippen molar-refractivity contribution in [3.63, 3.8) is 0 Å². The van der Waals surface area contributed by atoms with Gasteiger partial charge in [-0.15, -0.1) is 0 Å². The monoisotopic (exact) mass is 369 g/mol. The number of amides is 2. The number of hydrogen-bond acceptors (Lipinski definition) is 4. The predicted octanol–water partition coefficient (Wildman–Crippen LogP) is 3.52. The fourth-order valence-electron chi connectivity index (χ4n) is 2.31. The second-order valence-corrected chi connectivity index (χ2v) is 6.57. The summed E-state index contributed by atoms with van der Waals surface area (Å²) in [6, 6.07) is 14.3. The van der Waals surface area contributed by atoms with E-state index in [0.29, 0.717) is 30.3 Å². The van der Waals surface area contributed by atoms with Gasteiger partial charge in [0.15, 0.2) is 0 Å². The highest BCUT2D eigenvalue weighted by Crippen LogP contribution is 2.18. The number of carbonyl (C=O) groups excluding carboxylic acids is 2. The van der Waals surface area contributed by atoms with E-state index >= 15 is 0 Å². The Morgan fingerprint density at radius 3 is 2.44 bits per heavy atom. The van der Waals surface area contributed by atoms with Gasteiger partial charge < -0.3 is 20.7 Å². The largest absolute Gasteiger partial charge is 0.493 e. The molecule has 0 spiro atoms. The van der Waals surface area contributed by atoms with Crippen LogP contribution < -0.4 is 20.7 Å². The molecule has 0 heterocycles. The maximum absolute atomic E-state index is 12.1. The predicted molar refractivity (Wildman–Crippen MR) is 108 cm³/mol. The summed E-state index contributed by atoms with van der Waals surface area (Å²) in [6.45, 7) is 7.41. The zero-order valence-corrected chi connectivity index (χ0v) is 16.0. The van der Waals surface area contributed by atoms with Crippen LogP contribution in [-0.4, -0.2) is 31.5 Å². The van der Waals surface area contributed by atoms with E-state index in [1.54, 1.807) is 24.3 Å². The number of hydrogen-bond donors (Lipinski definition) is 3. The first-order chi connectivity index (χ1) is 13.0. The lowest BCUT2D eigenvalue weighted by Gasteiger charge is -2.11. The van der Waals surface area contributed by atoms with Crippen LogP contribution in [0.25, 0.3) is 0 Å². The molecule has 0 saturated carbocycles. The molecule has 0 saturated heterocycles. The first-order valence-electron chi connectivity index (χ1n) is 9.12. The molecule has 0 bridgehead atoms. The van der Waals surface area contributed by atoms with E-state index in [0.717, 1.165) is 11.4 Å². The Morgan fingerprint density at radius 1 is 1.04 bits per heavy atom. The van der Waals surface area contributed by atoms with Crippen LogP contribution in [-0.2, 0) is 4.79 Å². The summed E-state index contributed by atoms with van der Waals surface area (Å²) in [6.07, 6.45) is 0. The van der Waals surface area contributed by atoms with Crippen LogP contribution in [0.5, 0.6) is 5.75 Å². The summed E-state index contributed by atoms with van der Waals surface area (Å²) in [5.74, 6) is 0.924. The fraction of sp³-hybridized carbons (Fsp3) is 0.333. The van der Waals surface area contributed by atoms with Gasteiger partial charge in [0.05, 0.1) is 13.2 Å². The molecule has 2 rings (SSSR count). The van der Waals surface area contributed by atoms with Gasteiger partial charge >= 0.3 is 0 Å². The first kappa shape index (κ1) is 20.3. The molecule has 0 aliphatic carbocycles. The highest BCUT2D eigenvalue weighted by molar-refractivity contribution is 5.96. The van der Waals surface area contributed by atoms with Gasteiger partial charge in [-0.1, -0.05) is 19.9 Å². The number of carbonyl (C=O) groups is 2. The van der Waals surface area contributed by atoms with E-state index in [-0.39, 0.29) is 18.4 Å². The quantitative estimate of drug-likeness (QED) is 0.632. The Bertz CT molecular complexity index is 758. The summed E-state index contributed by atoms with van der Waals surface area (Å²) in [7, 11) is 0. The number of nitrogens with one attached hydrogen (secondary N) is 3. The summed E-state index contributed by atoms with van der Waals surface area (Å²) in [5, 5.41) is 8.62. The lowest BCUT2D eigenvalue weighted by Crippen LogP contribution is -2.23. The van der Waals surface area contributed by atoms with Crippen LogP contribution in [0.2, 0.25) is 0 Å². The molecule has 0 aliphatic heterocycles. The van der Waals surface area contributed by atoms with Crippen molar-refractivity contribution in [2.24, 2.45) is 5.92 Å². The Kier molecular flexibility index (Phi) is 7.67. The van der Waals surface area contributed by atoms with Crippen LogP contribution in [0, 0.1) is 5.92 Å². The minimum atomic E-state index is -0.172. The first-order valence-corrected chi connectivity index (χ1v) is 9.12. The third-order valence-electron chi connectivity index (χ3n) is 3.64. The molecule has 3 N–H and O–H groups in total. The lowest BCUT2D eigenvalue weighted by atomic mass is 10.2. The molecule has 2 amide bonds. The molecule has 27 heavy (non-hydrogen) atoms. The molecular formula is C21H27N3O3. The van der Waals surface area contributed by atoms with Crippen molar-refractivity contribution in [1.82, 2.24) is 5.32 Å². The average molecular weight is 369 g/mol. The Morgan fingerprint density at radius 2 is 1.78 bits per heavy atom. The molecular weight excluding hydrogens is 342 g/mol. The number of rotatable bonds is 9. The van der Waals surface area contributed by atoms with Crippen molar-refractivity contribution in [2.75, 3.05) is 30.3 Å². The maximum Gasteiger partial charge on any atom is 0.251 e. The molecule has 0 atom stereocenters. The van der Waals surface area contributed by atoms with Gasteiger partial charge in [-0.3, -0.25) is 9.59 Å². The normalized spacial score (nSPS) is 10.4. The second kappa shape index (κ2) is 10.2. The highest BCUT2D eigenvalue weighted by atomic mass is 16.5. The second-order valence-electron chi connectivity index (χ2n) is 6.57. The van der Waals surface area contributed by atoms with Crippen molar-refractivity contribution in [3.05, 3.63) is 54.1 Å². The molecule has 6 heteroatoms. The van der Waals surface area contributed by atoms with E-state index in [4.69, 9.17) is 4.74 Å². The fourth-order valence-corrected chi connectivity index (χ4v) is 2.31. The van der Waals surface area contributed by atoms with E-state index in [9.17, 15) is 9.59 Å². The number of benzene rings is 2. The van der Waals surface area contributed by atoms with Gasteiger partial charge in [0.1, 0.15) is 5.75 Å². The minimum absolute atomic E-state index is 0.128.